The van der Waals surface area contributed by atoms with E-state index in [4.69, 9.17) is 0 Å². The highest BCUT2D eigenvalue weighted by atomic mass is 16.2. The molecule has 1 saturated heterocycles. The van der Waals surface area contributed by atoms with Gasteiger partial charge in [-0.3, -0.25) is 4.79 Å². The van der Waals surface area contributed by atoms with Crippen LogP contribution in [0.15, 0.2) is 18.2 Å². The van der Waals surface area contributed by atoms with Crippen LogP contribution < -0.4 is 15.1 Å². The number of benzene rings is 1. The second-order valence-electron chi connectivity index (χ2n) is 5.98. The van der Waals surface area contributed by atoms with Crippen LogP contribution in [0.4, 0.5) is 5.69 Å². The van der Waals surface area contributed by atoms with Crippen molar-refractivity contribution >= 4 is 11.6 Å². The summed E-state index contributed by atoms with van der Waals surface area (Å²) < 4.78 is 0. The number of rotatable bonds is 4. The predicted octanol–water partition coefficient (Wildman–Crippen LogP) is 0.533. The van der Waals surface area contributed by atoms with Crippen LogP contribution in [0, 0.1) is 13.8 Å². The van der Waals surface area contributed by atoms with Crippen LogP contribution in [0.25, 0.3) is 0 Å². The molecular weight excluding hydrogens is 262 g/mol. The molecule has 1 atom stereocenters. The summed E-state index contributed by atoms with van der Waals surface area (Å²) in [5.74, 6) is 0.174. The van der Waals surface area contributed by atoms with E-state index in [0.717, 1.165) is 26.2 Å². The van der Waals surface area contributed by atoms with Crippen LogP contribution in [0.1, 0.15) is 25.0 Å². The number of aryl methyl sites for hydroxylation is 1. The topological polar surface area (TPSA) is 36.8 Å². The molecule has 1 heterocycles. The fraction of sp³-hybridized carbons (Fsp3) is 0.588. The normalized spacial score (nSPS) is 17.6. The quantitative estimate of drug-likeness (QED) is 0.849. The fourth-order valence-electron chi connectivity index (χ4n) is 3.06. The van der Waals surface area contributed by atoms with Gasteiger partial charge in [0, 0.05) is 12.2 Å². The van der Waals surface area contributed by atoms with E-state index in [1.807, 2.05) is 13.8 Å². The van der Waals surface area contributed by atoms with Crippen LogP contribution in [0.2, 0.25) is 0 Å². The maximum absolute atomic E-state index is 11.9. The summed E-state index contributed by atoms with van der Waals surface area (Å²) in [6.45, 7) is 13.2. The Morgan fingerprint density at radius 3 is 2.62 bits per heavy atom. The lowest BCUT2D eigenvalue weighted by molar-refractivity contribution is -0.914. The number of amides is 1. The molecule has 0 aliphatic carbocycles. The minimum Gasteiger partial charge on any atom is -0.360 e. The van der Waals surface area contributed by atoms with Gasteiger partial charge in [-0.25, -0.2) is 0 Å². The van der Waals surface area contributed by atoms with Crippen molar-refractivity contribution in [1.82, 2.24) is 5.32 Å². The van der Waals surface area contributed by atoms with E-state index in [1.165, 1.54) is 21.7 Å². The summed E-state index contributed by atoms with van der Waals surface area (Å²) in [5, 5.41) is 2.93. The lowest BCUT2D eigenvalue weighted by atomic mass is 10.1. The molecule has 1 aromatic carbocycles. The summed E-state index contributed by atoms with van der Waals surface area (Å²) in [4.78, 5) is 15.8. The fourth-order valence-corrected chi connectivity index (χ4v) is 3.06. The monoisotopic (exact) mass is 290 g/mol. The van der Waals surface area contributed by atoms with Crippen molar-refractivity contribution in [3.8, 4) is 0 Å². The molecule has 1 fully saturated rings. The number of likely N-dealkylation sites (N-methyl/N-ethyl adjacent to an activating group) is 1. The minimum absolute atomic E-state index is 0.0470. The molecule has 1 amide bonds. The molecule has 0 saturated carbocycles. The first-order valence-electron chi connectivity index (χ1n) is 7.98. The number of hydrogen-bond acceptors (Lipinski definition) is 2. The number of nitrogens with zero attached hydrogens (tertiary/aromatic N) is 1. The molecule has 4 heteroatoms. The SMILES string of the molecule is CCNC(=O)[C@@H](C)[NH+]1CCN(c2cccc(C)c2C)CC1. The van der Waals surface area contributed by atoms with Crippen molar-refractivity contribution in [3.05, 3.63) is 29.3 Å². The number of hydrogen-bond donors (Lipinski definition) is 2. The number of nitrogens with one attached hydrogen (secondary N) is 2. The third kappa shape index (κ3) is 3.56. The maximum Gasteiger partial charge on any atom is 0.278 e. The Kier molecular flexibility index (Phi) is 5.23. The summed E-state index contributed by atoms with van der Waals surface area (Å²) in [7, 11) is 0. The maximum atomic E-state index is 11.9. The molecular formula is C17H28N3O+. The Hall–Kier alpha value is -1.55. The number of quaternary nitrogens is 1. The molecule has 0 bridgehead atoms. The zero-order valence-electron chi connectivity index (χ0n) is 13.7. The molecule has 116 valence electrons. The van der Waals surface area contributed by atoms with Gasteiger partial charge < -0.3 is 15.1 Å². The van der Waals surface area contributed by atoms with Crippen LogP contribution in [0.5, 0.6) is 0 Å². The molecule has 0 spiro atoms. The van der Waals surface area contributed by atoms with Crippen LogP contribution >= 0.6 is 0 Å². The first-order valence-corrected chi connectivity index (χ1v) is 7.98. The molecule has 2 N–H and O–H groups in total. The second-order valence-corrected chi connectivity index (χ2v) is 5.98. The van der Waals surface area contributed by atoms with E-state index in [1.54, 1.807) is 0 Å². The van der Waals surface area contributed by atoms with Gasteiger partial charge in [-0.15, -0.1) is 0 Å². The van der Waals surface area contributed by atoms with E-state index in [2.05, 4.69) is 42.3 Å². The Morgan fingerprint density at radius 1 is 1.33 bits per heavy atom. The molecule has 0 radical (unpaired) electrons. The van der Waals surface area contributed by atoms with E-state index in [9.17, 15) is 4.79 Å². The van der Waals surface area contributed by atoms with Crippen LogP contribution in [-0.2, 0) is 4.79 Å². The molecule has 0 unspecified atom stereocenters. The molecule has 1 aliphatic rings. The smallest absolute Gasteiger partial charge is 0.278 e. The van der Waals surface area contributed by atoms with Gasteiger partial charge in [0.25, 0.3) is 5.91 Å². The van der Waals surface area contributed by atoms with Crippen molar-refractivity contribution < 1.29 is 9.69 Å². The average molecular weight is 290 g/mol. The van der Waals surface area contributed by atoms with E-state index in [-0.39, 0.29) is 11.9 Å². The summed E-state index contributed by atoms with van der Waals surface area (Å²) in [6, 6.07) is 6.55. The highest BCUT2D eigenvalue weighted by Crippen LogP contribution is 2.22. The summed E-state index contributed by atoms with van der Waals surface area (Å²) in [6.07, 6.45) is 0. The third-order valence-corrected chi connectivity index (χ3v) is 4.68. The largest absolute Gasteiger partial charge is 0.360 e. The number of piperazine rings is 1. The van der Waals surface area contributed by atoms with Gasteiger partial charge in [0.05, 0.1) is 26.2 Å². The zero-order chi connectivity index (χ0) is 15.4. The Morgan fingerprint density at radius 2 is 2.00 bits per heavy atom. The Labute approximate surface area is 128 Å². The highest BCUT2D eigenvalue weighted by molar-refractivity contribution is 5.79. The van der Waals surface area contributed by atoms with Crippen molar-refractivity contribution in [2.24, 2.45) is 0 Å². The molecule has 1 aliphatic heterocycles. The molecule has 1 aromatic rings. The summed E-state index contributed by atoms with van der Waals surface area (Å²) >= 11 is 0. The lowest BCUT2D eigenvalue weighted by Crippen LogP contribution is -3.19. The molecule has 0 aromatic heterocycles. The highest BCUT2D eigenvalue weighted by Gasteiger charge is 2.29. The van der Waals surface area contributed by atoms with E-state index < -0.39 is 0 Å². The van der Waals surface area contributed by atoms with Gasteiger partial charge in [0.2, 0.25) is 0 Å². The minimum atomic E-state index is 0.0470. The van der Waals surface area contributed by atoms with E-state index in [0.29, 0.717) is 6.54 Å². The Balaban J connectivity index is 1.97. The van der Waals surface area contributed by atoms with Gasteiger partial charge >= 0.3 is 0 Å². The molecule has 21 heavy (non-hydrogen) atoms. The summed E-state index contributed by atoms with van der Waals surface area (Å²) in [5.41, 5.74) is 4.07. The first kappa shape index (κ1) is 15.8. The van der Waals surface area contributed by atoms with Gasteiger partial charge in [0.15, 0.2) is 6.04 Å². The lowest BCUT2D eigenvalue weighted by Gasteiger charge is -2.36. The predicted molar refractivity (Wildman–Crippen MR) is 87.0 cm³/mol. The van der Waals surface area contributed by atoms with Crippen LogP contribution in [0.3, 0.4) is 0 Å². The van der Waals surface area contributed by atoms with Crippen molar-refractivity contribution in [2.75, 3.05) is 37.6 Å². The van der Waals surface area contributed by atoms with Gasteiger partial charge in [0.1, 0.15) is 0 Å². The molecule has 4 nitrogen and oxygen atoms in total. The van der Waals surface area contributed by atoms with Gasteiger partial charge in [-0.05, 0) is 44.9 Å². The van der Waals surface area contributed by atoms with E-state index >= 15 is 0 Å². The standard InChI is InChI=1S/C17H27N3O/c1-5-18-17(21)15(4)19-9-11-20(12-10-19)16-8-6-7-13(2)14(16)3/h6-8,15H,5,9-12H2,1-4H3,(H,18,21)/p+1/t15-/m1/s1. The van der Waals surface area contributed by atoms with Crippen molar-refractivity contribution in [2.45, 2.75) is 33.7 Å². The van der Waals surface area contributed by atoms with Crippen LogP contribution in [-0.4, -0.2) is 44.7 Å². The van der Waals surface area contributed by atoms with Gasteiger partial charge in [-0.2, -0.15) is 0 Å². The number of carbonyl (C=O) groups excluding carboxylic acids is 1. The van der Waals surface area contributed by atoms with Crippen molar-refractivity contribution in [3.63, 3.8) is 0 Å². The average Bonchev–Trinajstić information content (AvgIpc) is 2.50. The number of anilines is 1. The second kappa shape index (κ2) is 6.94. The first-order chi connectivity index (χ1) is 10.0. The van der Waals surface area contributed by atoms with Crippen molar-refractivity contribution in [1.29, 1.82) is 0 Å². The molecule has 2 rings (SSSR count). The van der Waals surface area contributed by atoms with Gasteiger partial charge in [-0.1, -0.05) is 12.1 Å². The third-order valence-electron chi connectivity index (χ3n) is 4.68. The number of carbonyl (C=O) groups is 1. The zero-order valence-corrected chi connectivity index (χ0v) is 13.7. The Bertz CT molecular complexity index is 493.